The number of methoxy groups -OCH3 is 1. The first-order chi connectivity index (χ1) is 8.91. The van der Waals surface area contributed by atoms with Crippen molar-refractivity contribution in [3.63, 3.8) is 0 Å². The van der Waals surface area contributed by atoms with E-state index in [2.05, 4.69) is 4.98 Å². The van der Waals surface area contributed by atoms with E-state index in [-0.39, 0.29) is 6.10 Å². The first kappa shape index (κ1) is 14.2. The summed E-state index contributed by atoms with van der Waals surface area (Å²) in [5.41, 5.74) is 1.57. The van der Waals surface area contributed by atoms with Crippen LogP contribution in [0.25, 0.3) is 11.3 Å². The fourth-order valence-electron chi connectivity index (χ4n) is 1.59. The van der Waals surface area contributed by atoms with Crippen molar-refractivity contribution in [2.24, 2.45) is 0 Å². The molecule has 0 fully saturated rings. The third kappa shape index (κ3) is 3.20. The number of hydrogen-bond acceptors (Lipinski definition) is 5. The Bertz CT molecular complexity index is 677. The van der Waals surface area contributed by atoms with Gasteiger partial charge in [0.25, 0.3) is 0 Å². The number of aromatic nitrogens is 1. The molecule has 1 atom stereocenters. The van der Waals surface area contributed by atoms with Crippen molar-refractivity contribution in [1.82, 2.24) is 4.98 Å². The topological polar surface area (TPSA) is 56.3 Å². The zero-order valence-corrected chi connectivity index (χ0v) is 12.6. The zero-order valence-electron chi connectivity index (χ0n) is 11.0. The Morgan fingerprint density at radius 2 is 2.11 bits per heavy atom. The fraction of sp³-hybridized carbons (Fsp3) is 0.308. The van der Waals surface area contributed by atoms with Crippen molar-refractivity contribution in [3.8, 4) is 11.3 Å². The van der Waals surface area contributed by atoms with Crippen molar-refractivity contribution in [2.45, 2.75) is 17.9 Å². The van der Waals surface area contributed by atoms with Gasteiger partial charge in [-0.15, -0.1) is 11.3 Å². The van der Waals surface area contributed by atoms with Crippen LogP contribution in [0, 0.1) is 0 Å². The lowest BCUT2D eigenvalue weighted by Gasteiger charge is -2.04. The molecule has 0 saturated heterocycles. The molecule has 2 rings (SSSR count). The number of rotatable bonds is 4. The Balaban J connectivity index is 2.40. The van der Waals surface area contributed by atoms with E-state index < -0.39 is 9.84 Å². The van der Waals surface area contributed by atoms with Gasteiger partial charge in [-0.3, -0.25) is 0 Å². The van der Waals surface area contributed by atoms with Crippen LogP contribution in [0.5, 0.6) is 0 Å². The van der Waals surface area contributed by atoms with Crippen LogP contribution in [-0.4, -0.2) is 26.8 Å². The third-order valence-electron chi connectivity index (χ3n) is 2.78. The molecule has 0 saturated carbocycles. The highest BCUT2D eigenvalue weighted by Crippen LogP contribution is 2.27. The summed E-state index contributed by atoms with van der Waals surface area (Å²) < 4.78 is 28.3. The van der Waals surface area contributed by atoms with Crippen LogP contribution in [0.1, 0.15) is 18.0 Å². The Hall–Kier alpha value is -1.24. The van der Waals surface area contributed by atoms with E-state index in [1.165, 1.54) is 17.6 Å². The van der Waals surface area contributed by atoms with E-state index in [0.717, 1.165) is 16.3 Å². The van der Waals surface area contributed by atoms with Gasteiger partial charge in [-0.1, -0.05) is 12.1 Å². The molecule has 0 aliphatic heterocycles. The third-order valence-corrected chi connectivity index (χ3v) is 4.90. The fourth-order valence-corrected chi connectivity index (χ4v) is 3.12. The Labute approximate surface area is 117 Å². The van der Waals surface area contributed by atoms with E-state index in [1.54, 1.807) is 25.3 Å². The number of benzene rings is 1. The lowest BCUT2D eigenvalue weighted by atomic mass is 10.2. The molecule has 0 radical (unpaired) electrons. The number of sulfone groups is 1. The monoisotopic (exact) mass is 297 g/mol. The second kappa shape index (κ2) is 5.40. The van der Waals surface area contributed by atoms with Gasteiger partial charge in [0.15, 0.2) is 9.84 Å². The van der Waals surface area contributed by atoms with Crippen molar-refractivity contribution < 1.29 is 13.2 Å². The Kier molecular flexibility index (Phi) is 4.03. The maximum atomic E-state index is 11.5. The minimum Gasteiger partial charge on any atom is -0.375 e. The van der Waals surface area contributed by atoms with Crippen molar-refractivity contribution in [1.29, 1.82) is 0 Å². The largest absolute Gasteiger partial charge is 0.375 e. The quantitative estimate of drug-likeness (QED) is 0.870. The van der Waals surface area contributed by atoms with Crippen LogP contribution in [0.3, 0.4) is 0 Å². The van der Waals surface area contributed by atoms with Crippen LogP contribution in [0.2, 0.25) is 0 Å². The van der Waals surface area contributed by atoms with Gasteiger partial charge in [-0.2, -0.15) is 0 Å². The normalized spacial score (nSPS) is 13.4. The first-order valence-corrected chi connectivity index (χ1v) is 8.47. The molecule has 19 heavy (non-hydrogen) atoms. The van der Waals surface area contributed by atoms with Crippen LogP contribution in [0.4, 0.5) is 0 Å². The molecular weight excluding hydrogens is 282 g/mol. The van der Waals surface area contributed by atoms with Crippen molar-refractivity contribution in [2.75, 3.05) is 13.4 Å². The Morgan fingerprint density at radius 3 is 2.74 bits per heavy atom. The molecule has 0 aliphatic rings. The summed E-state index contributed by atoms with van der Waals surface area (Å²) in [5.74, 6) is 0. The average molecular weight is 297 g/mol. The number of nitrogens with zero attached hydrogens (tertiary/aromatic N) is 1. The van der Waals surface area contributed by atoms with Gasteiger partial charge in [-0.25, -0.2) is 13.4 Å². The summed E-state index contributed by atoms with van der Waals surface area (Å²) >= 11 is 1.50. The smallest absolute Gasteiger partial charge is 0.175 e. The molecule has 6 heteroatoms. The van der Waals surface area contributed by atoms with E-state index in [9.17, 15) is 8.42 Å². The number of hydrogen-bond donors (Lipinski definition) is 0. The van der Waals surface area contributed by atoms with Gasteiger partial charge in [-0.05, 0) is 19.1 Å². The predicted molar refractivity (Wildman–Crippen MR) is 76.1 cm³/mol. The SMILES string of the molecule is CO[C@H](C)c1nc(-c2cccc(S(C)(=O)=O)c2)cs1. The van der Waals surface area contributed by atoms with Gasteiger partial charge in [0.1, 0.15) is 11.1 Å². The maximum absolute atomic E-state index is 11.5. The number of ether oxygens (including phenoxy) is 1. The summed E-state index contributed by atoms with van der Waals surface area (Å²) in [6.07, 6.45) is 1.14. The summed E-state index contributed by atoms with van der Waals surface area (Å²) in [7, 11) is -1.56. The number of thiazole rings is 1. The van der Waals surface area contributed by atoms with Crippen LogP contribution in [-0.2, 0) is 14.6 Å². The highest BCUT2D eigenvalue weighted by molar-refractivity contribution is 7.90. The molecule has 0 amide bonds. The molecule has 0 unspecified atom stereocenters. The van der Waals surface area contributed by atoms with Crippen LogP contribution >= 0.6 is 11.3 Å². The predicted octanol–water partition coefficient (Wildman–Crippen LogP) is 2.92. The minimum absolute atomic E-state index is 0.0585. The standard InChI is InChI=1S/C13H15NO3S2/c1-9(17-2)13-14-12(8-18-13)10-5-4-6-11(7-10)19(3,15)16/h4-9H,1-3H3/t9-/m1/s1. The van der Waals surface area contributed by atoms with Crippen molar-refractivity contribution >= 4 is 21.2 Å². The van der Waals surface area contributed by atoms with Gasteiger partial charge >= 0.3 is 0 Å². The molecule has 2 aromatic rings. The molecule has 0 spiro atoms. The van der Waals surface area contributed by atoms with E-state index in [4.69, 9.17) is 4.74 Å². The van der Waals surface area contributed by atoms with Crippen LogP contribution in [0.15, 0.2) is 34.5 Å². The lowest BCUT2D eigenvalue weighted by molar-refractivity contribution is 0.119. The summed E-state index contributed by atoms with van der Waals surface area (Å²) in [6.45, 7) is 1.93. The summed E-state index contributed by atoms with van der Waals surface area (Å²) in [4.78, 5) is 4.78. The summed E-state index contributed by atoms with van der Waals surface area (Å²) in [6, 6.07) is 6.81. The van der Waals surface area contributed by atoms with E-state index in [0.29, 0.717) is 4.90 Å². The average Bonchev–Trinajstić information content (AvgIpc) is 2.86. The molecule has 0 N–H and O–H groups in total. The van der Waals surface area contributed by atoms with Gasteiger partial charge in [0, 0.05) is 24.3 Å². The summed E-state index contributed by atoms with van der Waals surface area (Å²) in [5, 5.41) is 2.79. The molecule has 102 valence electrons. The molecule has 4 nitrogen and oxygen atoms in total. The van der Waals surface area contributed by atoms with Gasteiger partial charge in [0.2, 0.25) is 0 Å². The Morgan fingerprint density at radius 1 is 1.37 bits per heavy atom. The molecule has 1 aromatic carbocycles. The molecule has 0 aliphatic carbocycles. The molecule has 1 heterocycles. The highest BCUT2D eigenvalue weighted by atomic mass is 32.2. The van der Waals surface area contributed by atoms with Crippen LogP contribution < -0.4 is 0 Å². The molecule has 0 bridgehead atoms. The maximum Gasteiger partial charge on any atom is 0.175 e. The van der Waals surface area contributed by atoms with E-state index >= 15 is 0 Å². The van der Waals surface area contributed by atoms with E-state index in [1.807, 2.05) is 18.4 Å². The zero-order chi connectivity index (χ0) is 14.0. The van der Waals surface area contributed by atoms with Crippen molar-refractivity contribution in [3.05, 3.63) is 34.7 Å². The lowest BCUT2D eigenvalue weighted by Crippen LogP contribution is -1.97. The second-order valence-corrected chi connectivity index (χ2v) is 7.15. The second-order valence-electron chi connectivity index (χ2n) is 4.25. The highest BCUT2D eigenvalue weighted by Gasteiger charge is 2.12. The molecular formula is C13H15NO3S2. The van der Waals surface area contributed by atoms with Gasteiger partial charge in [0.05, 0.1) is 10.6 Å². The first-order valence-electron chi connectivity index (χ1n) is 5.70. The minimum atomic E-state index is -3.20. The molecule has 1 aromatic heterocycles. The van der Waals surface area contributed by atoms with Gasteiger partial charge < -0.3 is 4.74 Å².